The van der Waals surface area contributed by atoms with E-state index in [1.807, 2.05) is 0 Å². The first kappa shape index (κ1) is 13.7. The highest BCUT2D eigenvalue weighted by Gasteiger charge is 2.12. The molecule has 0 unspecified atom stereocenters. The Morgan fingerprint density at radius 2 is 2.20 bits per heavy atom. The van der Waals surface area contributed by atoms with Crippen LogP contribution in [0.2, 0.25) is 0 Å². The maximum absolute atomic E-state index is 12.0. The van der Waals surface area contributed by atoms with Crippen molar-refractivity contribution in [2.75, 3.05) is 0 Å². The molecule has 2 N–H and O–H groups in total. The van der Waals surface area contributed by atoms with Crippen molar-refractivity contribution in [1.82, 2.24) is 20.1 Å². The second-order valence-corrected chi connectivity index (χ2v) is 4.33. The summed E-state index contributed by atoms with van der Waals surface area (Å²) in [5.41, 5.74) is 1.75. The second-order valence-electron chi connectivity index (χ2n) is 4.33. The number of carbonyl (C=O) groups is 2. The summed E-state index contributed by atoms with van der Waals surface area (Å²) in [5, 5.41) is 15.7. The highest BCUT2D eigenvalue weighted by molar-refractivity contribution is 5.95. The van der Waals surface area contributed by atoms with Crippen LogP contribution in [0.25, 0.3) is 0 Å². The fraction of sp³-hybridized carbons (Fsp3) is 0.231. The van der Waals surface area contributed by atoms with Gasteiger partial charge in [-0.3, -0.25) is 14.5 Å². The lowest BCUT2D eigenvalue weighted by molar-refractivity contribution is 0.0696. The van der Waals surface area contributed by atoms with Crippen LogP contribution in [0.4, 0.5) is 0 Å². The number of pyridine rings is 1. The standard InChI is InChI=1S/C13H14N4O3/c1-8-11(7-17(2)16-8)12(18)15-6-10-5-9(13(19)20)3-4-14-10/h3-5,7H,6H2,1-2H3,(H,15,18)(H,19,20). The van der Waals surface area contributed by atoms with Crippen molar-refractivity contribution in [1.29, 1.82) is 0 Å². The molecule has 0 radical (unpaired) electrons. The van der Waals surface area contributed by atoms with Crippen molar-refractivity contribution in [2.45, 2.75) is 13.5 Å². The number of hydrogen-bond donors (Lipinski definition) is 2. The zero-order valence-electron chi connectivity index (χ0n) is 11.1. The molecule has 0 spiro atoms. The summed E-state index contributed by atoms with van der Waals surface area (Å²) < 4.78 is 1.56. The minimum Gasteiger partial charge on any atom is -0.478 e. The number of nitrogens with zero attached hydrogens (tertiary/aromatic N) is 3. The van der Waals surface area contributed by atoms with Crippen molar-refractivity contribution >= 4 is 11.9 Å². The Labute approximate surface area is 115 Å². The molecule has 0 aliphatic heterocycles. The van der Waals surface area contributed by atoms with Crippen molar-refractivity contribution in [2.24, 2.45) is 7.05 Å². The molecule has 0 aliphatic rings. The van der Waals surface area contributed by atoms with Gasteiger partial charge >= 0.3 is 5.97 Å². The first-order valence-electron chi connectivity index (χ1n) is 5.94. The number of amides is 1. The number of carbonyl (C=O) groups excluding carboxylic acids is 1. The van der Waals surface area contributed by atoms with Gasteiger partial charge in [-0.2, -0.15) is 5.10 Å². The third-order valence-corrected chi connectivity index (χ3v) is 2.75. The minimum absolute atomic E-state index is 0.141. The molecule has 104 valence electrons. The van der Waals surface area contributed by atoms with Gasteiger partial charge in [-0.1, -0.05) is 0 Å². The number of nitrogens with one attached hydrogen (secondary N) is 1. The van der Waals surface area contributed by atoms with Gasteiger partial charge in [0.1, 0.15) is 0 Å². The number of carboxylic acid groups (broad SMARTS) is 1. The molecular formula is C13H14N4O3. The predicted molar refractivity (Wildman–Crippen MR) is 70.3 cm³/mol. The Balaban J connectivity index is 2.05. The van der Waals surface area contributed by atoms with E-state index in [0.29, 0.717) is 17.0 Å². The van der Waals surface area contributed by atoms with Gasteiger partial charge in [0.15, 0.2) is 0 Å². The fourth-order valence-electron chi connectivity index (χ4n) is 1.80. The lowest BCUT2D eigenvalue weighted by Gasteiger charge is -2.04. The predicted octanol–water partition coefficient (Wildman–Crippen LogP) is 0.752. The molecule has 0 aromatic carbocycles. The molecule has 0 atom stereocenters. The summed E-state index contributed by atoms with van der Waals surface area (Å²) in [6, 6.07) is 2.83. The van der Waals surface area contributed by atoms with Crippen LogP contribution in [0.3, 0.4) is 0 Å². The summed E-state index contributed by atoms with van der Waals surface area (Å²) in [5.74, 6) is -1.29. The fourth-order valence-corrected chi connectivity index (χ4v) is 1.80. The van der Waals surface area contributed by atoms with Gasteiger partial charge in [-0.15, -0.1) is 0 Å². The van der Waals surface area contributed by atoms with E-state index in [0.717, 1.165) is 0 Å². The smallest absolute Gasteiger partial charge is 0.335 e. The van der Waals surface area contributed by atoms with E-state index in [1.165, 1.54) is 18.3 Å². The summed E-state index contributed by atoms with van der Waals surface area (Å²) in [4.78, 5) is 26.8. The Morgan fingerprint density at radius 3 is 2.80 bits per heavy atom. The average Bonchev–Trinajstić information content (AvgIpc) is 2.75. The molecule has 7 nitrogen and oxygen atoms in total. The summed E-state index contributed by atoms with van der Waals surface area (Å²) in [7, 11) is 1.74. The highest BCUT2D eigenvalue weighted by atomic mass is 16.4. The van der Waals surface area contributed by atoms with Crippen LogP contribution in [-0.4, -0.2) is 31.7 Å². The molecular weight excluding hydrogens is 260 g/mol. The van der Waals surface area contributed by atoms with Crippen LogP contribution in [0.15, 0.2) is 24.5 Å². The first-order chi connectivity index (χ1) is 9.47. The minimum atomic E-state index is -1.02. The normalized spacial score (nSPS) is 10.3. The van der Waals surface area contributed by atoms with Crippen LogP contribution in [-0.2, 0) is 13.6 Å². The molecule has 7 heteroatoms. The van der Waals surface area contributed by atoms with E-state index in [9.17, 15) is 9.59 Å². The maximum atomic E-state index is 12.0. The molecule has 0 fully saturated rings. The topological polar surface area (TPSA) is 97.1 Å². The van der Waals surface area contributed by atoms with Gasteiger partial charge in [-0.25, -0.2) is 4.79 Å². The summed E-state index contributed by atoms with van der Waals surface area (Å²) in [6.45, 7) is 1.91. The lowest BCUT2D eigenvalue weighted by Crippen LogP contribution is -2.23. The van der Waals surface area contributed by atoms with Gasteiger partial charge in [0.25, 0.3) is 5.91 Å². The van der Waals surface area contributed by atoms with Gasteiger partial charge in [0, 0.05) is 19.4 Å². The third-order valence-electron chi connectivity index (χ3n) is 2.75. The number of rotatable bonds is 4. The Morgan fingerprint density at radius 1 is 1.45 bits per heavy atom. The van der Waals surface area contributed by atoms with E-state index in [2.05, 4.69) is 15.4 Å². The van der Waals surface area contributed by atoms with Crippen LogP contribution in [0, 0.1) is 6.92 Å². The molecule has 2 rings (SSSR count). The molecule has 20 heavy (non-hydrogen) atoms. The Kier molecular flexibility index (Phi) is 3.79. The Bertz CT molecular complexity index is 663. The Hall–Kier alpha value is -2.70. The van der Waals surface area contributed by atoms with Gasteiger partial charge in [-0.05, 0) is 19.1 Å². The first-order valence-corrected chi connectivity index (χ1v) is 5.94. The van der Waals surface area contributed by atoms with Crippen LogP contribution < -0.4 is 5.32 Å². The van der Waals surface area contributed by atoms with Gasteiger partial charge in [0.2, 0.25) is 0 Å². The molecule has 0 bridgehead atoms. The third kappa shape index (κ3) is 3.00. The molecule has 2 aromatic rings. The van der Waals surface area contributed by atoms with E-state index < -0.39 is 5.97 Å². The largest absolute Gasteiger partial charge is 0.478 e. The summed E-state index contributed by atoms with van der Waals surface area (Å²) >= 11 is 0. The molecule has 0 saturated carbocycles. The van der Waals surface area contributed by atoms with Crippen LogP contribution in [0.5, 0.6) is 0 Å². The van der Waals surface area contributed by atoms with Crippen molar-refractivity contribution in [3.63, 3.8) is 0 Å². The van der Waals surface area contributed by atoms with Crippen LogP contribution in [0.1, 0.15) is 32.1 Å². The summed E-state index contributed by atoms with van der Waals surface area (Å²) in [6.07, 6.45) is 3.03. The maximum Gasteiger partial charge on any atom is 0.335 e. The van der Waals surface area contributed by atoms with E-state index >= 15 is 0 Å². The number of carboxylic acids is 1. The van der Waals surface area contributed by atoms with Crippen molar-refractivity contribution < 1.29 is 14.7 Å². The number of aromatic carboxylic acids is 1. The van der Waals surface area contributed by atoms with Crippen LogP contribution >= 0.6 is 0 Å². The molecule has 0 saturated heterocycles. The SMILES string of the molecule is Cc1nn(C)cc1C(=O)NCc1cc(C(=O)O)ccn1. The monoisotopic (exact) mass is 274 g/mol. The molecule has 2 aromatic heterocycles. The number of hydrogen-bond acceptors (Lipinski definition) is 4. The zero-order valence-corrected chi connectivity index (χ0v) is 11.1. The highest BCUT2D eigenvalue weighted by Crippen LogP contribution is 2.06. The van der Waals surface area contributed by atoms with E-state index in [1.54, 1.807) is 24.9 Å². The van der Waals surface area contributed by atoms with E-state index in [4.69, 9.17) is 5.11 Å². The van der Waals surface area contributed by atoms with Crippen molar-refractivity contribution in [3.8, 4) is 0 Å². The average molecular weight is 274 g/mol. The molecule has 1 amide bonds. The van der Waals surface area contributed by atoms with E-state index in [-0.39, 0.29) is 18.0 Å². The lowest BCUT2D eigenvalue weighted by atomic mass is 10.2. The number of aromatic nitrogens is 3. The quantitative estimate of drug-likeness (QED) is 0.857. The molecule has 0 aliphatic carbocycles. The second kappa shape index (κ2) is 5.52. The molecule has 2 heterocycles. The van der Waals surface area contributed by atoms with Gasteiger partial charge < -0.3 is 10.4 Å². The van der Waals surface area contributed by atoms with Crippen molar-refractivity contribution in [3.05, 3.63) is 47.0 Å². The number of aryl methyl sites for hydroxylation is 2. The van der Waals surface area contributed by atoms with Gasteiger partial charge in [0.05, 0.1) is 29.1 Å². The zero-order chi connectivity index (χ0) is 14.7.